The molecule has 3 aliphatic carbocycles. The summed E-state index contributed by atoms with van der Waals surface area (Å²) in [6, 6.07) is 6.20. The molecule has 0 radical (unpaired) electrons. The second-order valence-electron chi connectivity index (χ2n) is 8.11. The minimum absolute atomic E-state index is 0.0687. The minimum atomic E-state index is -2.45. The van der Waals surface area contributed by atoms with Gasteiger partial charge in [0.25, 0.3) is 0 Å². The number of hydrogen-bond donors (Lipinski definition) is 0. The number of methoxy groups -OCH3 is 1. The smallest absolute Gasteiger partial charge is 0.302 e. The van der Waals surface area contributed by atoms with Gasteiger partial charge in [0.1, 0.15) is 11.9 Å². The number of fused-ring (bicyclic) bond motifs is 5. The minimum Gasteiger partial charge on any atom is -0.497 e. The molecule has 0 bridgehead atoms. The van der Waals surface area contributed by atoms with Gasteiger partial charge in [0.05, 0.1) is 12.5 Å². The van der Waals surface area contributed by atoms with E-state index in [9.17, 15) is 13.6 Å². The molecule has 0 N–H and O–H groups in total. The van der Waals surface area contributed by atoms with Crippen LogP contribution in [0.3, 0.4) is 0 Å². The highest BCUT2D eigenvalue weighted by molar-refractivity contribution is 5.66. The van der Waals surface area contributed by atoms with E-state index in [2.05, 4.69) is 12.1 Å². The number of carbonyl (C=O) groups is 1. The van der Waals surface area contributed by atoms with Crippen LogP contribution in [0.2, 0.25) is 0 Å². The number of rotatable bonds is 3. The molecule has 4 rings (SSSR count). The van der Waals surface area contributed by atoms with Gasteiger partial charge in [0.15, 0.2) is 0 Å². The number of hydrogen-bond acceptors (Lipinski definition) is 3. The molecule has 1 aromatic carbocycles. The molecule has 5 heteroatoms. The van der Waals surface area contributed by atoms with E-state index >= 15 is 0 Å². The van der Waals surface area contributed by atoms with Crippen molar-refractivity contribution in [1.29, 1.82) is 0 Å². The molecular formula is C21H26F2O3. The molecule has 26 heavy (non-hydrogen) atoms. The Kier molecular flexibility index (Phi) is 4.44. The fraction of sp³-hybridized carbons (Fsp3) is 0.667. The van der Waals surface area contributed by atoms with E-state index in [-0.39, 0.29) is 11.8 Å². The highest BCUT2D eigenvalue weighted by Gasteiger charge is 2.63. The normalized spacial score (nSPS) is 35.4. The van der Waals surface area contributed by atoms with Crippen molar-refractivity contribution in [2.24, 2.45) is 17.3 Å². The van der Waals surface area contributed by atoms with Crippen LogP contribution in [-0.2, 0) is 16.0 Å². The van der Waals surface area contributed by atoms with Crippen molar-refractivity contribution in [1.82, 2.24) is 0 Å². The van der Waals surface area contributed by atoms with Crippen molar-refractivity contribution in [3.63, 3.8) is 0 Å². The molecule has 0 aromatic heterocycles. The highest BCUT2D eigenvalue weighted by atomic mass is 19.3. The van der Waals surface area contributed by atoms with Gasteiger partial charge in [-0.2, -0.15) is 0 Å². The standard InChI is InChI=1S/C21H26F2O3/c1-12(24)26-19-8-7-18-17-5-3-13-11-14(25-2)4-6-15(13)16(17)9-10-21(18,19)20(22)23/h4,6,11,16-20H,3,5,7-10H2,1-2H3/t16-,17-,18+,19+,21-/m1/s1. The maximum Gasteiger partial charge on any atom is 0.302 e. The van der Waals surface area contributed by atoms with Crippen LogP contribution in [0.4, 0.5) is 8.78 Å². The zero-order valence-electron chi connectivity index (χ0n) is 15.3. The van der Waals surface area contributed by atoms with Crippen LogP contribution in [0.15, 0.2) is 18.2 Å². The van der Waals surface area contributed by atoms with E-state index in [0.29, 0.717) is 18.8 Å². The number of alkyl halides is 2. The van der Waals surface area contributed by atoms with Crippen LogP contribution in [-0.4, -0.2) is 25.6 Å². The molecule has 0 saturated heterocycles. The number of esters is 1. The van der Waals surface area contributed by atoms with Gasteiger partial charge in [0, 0.05) is 6.92 Å². The second-order valence-corrected chi connectivity index (χ2v) is 8.11. The Morgan fingerprint density at radius 1 is 1.23 bits per heavy atom. The molecule has 0 heterocycles. The molecule has 3 aliphatic rings. The fourth-order valence-electron chi connectivity index (χ4n) is 6.14. The Balaban J connectivity index is 1.67. The van der Waals surface area contributed by atoms with Crippen LogP contribution in [0.5, 0.6) is 5.75 Å². The lowest BCUT2D eigenvalue weighted by Gasteiger charge is -2.51. The molecule has 0 unspecified atom stereocenters. The van der Waals surface area contributed by atoms with E-state index in [1.807, 2.05) is 6.07 Å². The van der Waals surface area contributed by atoms with E-state index < -0.39 is 23.9 Å². The average molecular weight is 364 g/mol. The van der Waals surface area contributed by atoms with E-state index in [1.165, 1.54) is 18.1 Å². The maximum absolute atomic E-state index is 14.3. The van der Waals surface area contributed by atoms with E-state index in [0.717, 1.165) is 31.4 Å². The molecule has 0 spiro atoms. The molecule has 2 saturated carbocycles. The van der Waals surface area contributed by atoms with Crippen molar-refractivity contribution in [2.75, 3.05) is 7.11 Å². The van der Waals surface area contributed by atoms with Crippen LogP contribution < -0.4 is 4.74 Å². The van der Waals surface area contributed by atoms with Gasteiger partial charge in [-0.25, -0.2) is 8.78 Å². The van der Waals surface area contributed by atoms with Crippen molar-refractivity contribution >= 4 is 5.97 Å². The summed E-state index contributed by atoms with van der Waals surface area (Å²) in [5.74, 6) is 0.923. The van der Waals surface area contributed by atoms with Gasteiger partial charge in [-0.3, -0.25) is 4.79 Å². The summed E-state index contributed by atoms with van der Waals surface area (Å²) >= 11 is 0. The number of ether oxygens (including phenoxy) is 2. The zero-order valence-corrected chi connectivity index (χ0v) is 15.3. The number of benzene rings is 1. The van der Waals surface area contributed by atoms with Gasteiger partial charge in [-0.05, 0) is 79.5 Å². The molecule has 2 fully saturated rings. The van der Waals surface area contributed by atoms with Crippen LogP contribution in [0, 0.1) is 17.3 Å². The quantitative estimate of drug-likeness (QED) is 0.728. The van der Waals surface area contributed by atoms with Gasteiger partial charge in [-0.15, -0.1) is 0 Å². The highest BCUT2D eigenvalue weighted by Crippen LogP contribution is 2.63. The first-order valence-corrected chi connectivity index (χ1v) is 9.59. The summed E-state index contributed by atoms with van der Waals surface area (Å²) < 4.78 is 39.4. The van der Waals surface area contributed by atoms with Crippen molar-refractivity contribution in [3.05, 3.63) is 29.3 Å². The monoisotopic (exact) mass is 364 g/mol. The molecule has 3 nitrogen and oxygen atoms in total. The SMILES string of the molecule is COc1ccc2c(c1)CC[C@@H]1[C@@H]2CC[C@]2(C(F)F)[C@@H](OC(C)=O)CC[C@@H]12. The Morgan fingerprint density at radius 3 is 2.73 bits per heavy atom. The average Bonchev–Trinajstić information content (AvgIpc) is 3.00. The summed E-state index contributed by atoms with van der Waals surface area (Å²) in [5, 5.41) is 0. The van der Waals surface area contributed by atoms with Crippen LogP contribution >= 0.6 is 0 Å². The molecule has 0 amide bonds. The topological polar surface area (TPSA) is 35.5 Å². The first-order valence-electron chi connectivity index (χ1n) is 9.59. The van der Waals surface area contributed by atoms with E-state index in [4.69, 9.17) is 9.47 Å². The lowest BCUT2D eigenvalue weighted by Crippen LogP contribution is -2.51. The maximum atomic E-state index is 14.3. The van der Waals surface area contributed by atoms with Crippen LogP contribution in [0.1, 0.15) is 56.1 Å². The fourth-order valence-corrected chi connectivity index (χ4v) is 6.14. The molecule has 142 valence electrons. The Bertz CT molecular complexity index is 704. The van der Waals surface area contributed by atoms with Crippen molar-refractivity contribution < 1.29 is 23.0 Å². The summed E-state index contributed by atoms with van der Waals surface area (Å²) in [6.07, 6.45) is 1.21. The Morgan fingerprint density at radius 2 is 2.04 bits per heavy atom. The van der Waals surface area contributed by atoms with Crippen molar-refractivity contribution in [3.8, 4) is 5.75 Å². The molecule has 5 atom stereocenters. The van der Waals surface area contributed by atoms with Gasteiger partial charge in [0.2, 0.25) is 6.43 Å². The number of aryl methyl sites for hydroxylation is 1. The number of halogens is 2. The lowest BCUT2D eigenvalue weighted by atomic mass is 9.55. The lowest BCUT2D eigenvalue weighted by molar-refractivity contribution is -0.173. The summed E-state index contributed by atoms with van der Waals surface area (Å²) in [6.45, 7) is 1.32. The van der Waals surface area contributed by atoms with E-state index in [1.54, 1.807) is 7.11 Å². The second kappa shape index (κ2) is 6.50. The van der Waals surface area contributed by atoms with Crippen LogP contribution in [0.25, 0.3) is 0 Å². The third kappa shape index (κ3) is 2.54. The zero-order chi connectivity index (χ0) is 18.5. The summed E-state index contributed by atoms with van der Waals surface area (Å²) in [7, 11) is 1.67. The molecular weight excluding hydrogens is 338 g/mol. The summed E-state index contributed by atoms with van der Waals surface area (Å²) in [5.41, 5.74) is 1.45. The Labute approximate surface area is 153 Å². The van der Waals surface area contributed by atoms with Gasteiger partial charge in [-0.1, -0.05) is 6.07 Å². The predicted molar refractivity (Wildman–Crippen MR) is 93.5 cm³/mol. The Hall–Kier alpha value is -1.65. The van der Waals surface area contributed by atoms with Gasteiger partial charge < -0.3 is 9.47 Å². The molecule has 1 aromatic rings. The first-order chi connectivity index (χ1) is 12.5. The molecule has 0 aliphatic heterocycles. The summed E-state index contributed by atoms with van der Waals surface area (Å²) in [4.78, 5) is 11.5. The largest absolute Gasteiger partial charge is 0.497 e. The van der Waals surface area contributed by atoms with Gasteiger partial charge >= 0.3 is 5.97 Å². The predicted octanol–water partition coefficient (Wildman–Crippen LogP) is 4.73. The third-order valence-electron chi connectivity index (χ3n) is 7.16. The first kappa shape index (κ1) is 17.7. The third-order valence-corrected chi connectivity index (χ3v) is 7.16. The number of carbonyl (C=O) groups excluding carboxylic acids is 1. The van der Waals surface area contributed by atoms with Crippen molar-refractivity contribution in [2.45, 2.75) is 63.9 Å².